The van der Waals surface area contributed by atoms with Crippen LogP contribution in [-0.2, 0) is 14.3 Å². The Labute approximate surface area is 381 Å². The molecule has 364 valence electrons. The zero-order chi connectivity index (χ0) is 44.5. The van der Waals surface area contributed by atoms with E-state index in [9.17, 15) is 19.8 Å². The van der Waals surface area contributed by atoms with E-state index in [1.165, 1.54) is 231 Å². The number of amides is 1. The lowest BCUT2D eigenvalue weighted by Crippen LogP contribution is -2.46. The molecule has 0 saturated carbocycles. The molecule has 6 heteroatoms. The summed E-state index contributed by atoms with van der Waals surface area (Å²) in [4.78, 5) is 26.2. The van der Waals surface area contributed by atoms with Crippen molar-refractivity contribution in [3.8, 4) is 0 Å². The van der Waals surface area contributed by atoms with Crippen LogP contribution < -0.4 is 5.32 Å². The molecule has 0 spiro atoms. The van der Waals surface area contributed by atoms with Crippen molar-refractivity contribution < 1.29 is 24.5 Å². The highest BCUT2D eigenvalue weighted by Crippen LogP contribution is 2.19. The van der Waals surface area contributed by atoms with E-state index in [1.54, 1.807) is 0 Å². The van der Waals surface area contributed by atoms with E-state index in [2.05, 4.69) is 26.1 Å². The van der Waals surface area contributed by atoms with Gasteiger partial charge < -0.3 is 20.3 Å². The fraction of sp³-hybridized carbons (Fsp3) is 0.964. The molecule has 1 amide bonds. The van der Waals surface area contributed by atoms with Crippen LogP contribution in [0.1, 0.15) is 316 Å². The van der Waals surface area contributed by atoms with Crippen LogP contribution in [0.25, 0.3) is 0 Å². The van der Waals surface area contributed by atoms with Crippen molar-refractivity contribution in [1.82, 2.24) is 5.32 Å². The Kier molecular flexibility index (Phi) is 48.9. The quantitative estimate of drug-likeness (QED) is 0.0418. The highest BCUT2D eigenvalue weighted by atomic mass is 16.5. The van der Waals surface area contributed by atoms with Crippen molar-refractivity contribution in [3.63, 3.8) is 0 Å². The first-order valence-corrected chi connectivity index (χ1v) is 27.8. The van der Waals surface area contributed by atoms with Crippen LogP contribution in [0.2, 0.25) is 0 Å². The number of unbranched alkanes of at least 4 members (excludes halogenated alkanes) is 39. The van der Waals surface area contributed by atoms with Gasteiger partial charge in [-0.15, -0.1) is 0 Å². The highest BCUT2D eigenvalue weighted by Gasteiger charge is 2.24. The van der Waals surface area contributed by atoms with Gasteiger partial charge in [-0.3, -0.25) is 9.59 Å². The smallest absolute Gasteiger partial charge is 0.306 e. The van der Waals surface area contributed by atoms with Gasteiger partial charge in [-0.25, -0.2) is 0 Å². The molecule has 0 saturated heterocycles. The van der Waals surface area contributed by atoms with Crippen LogP contribution in [0.15, 0.2) is 0 Å². The Hall–Kier alpha value is -1.14. The molecule has 0 radical (unpaired) electrons. The van der Waals surface area contributed by atoms with Gasteiger partial charge in [0, 0.05) is 6.42 Å². The van der Waals surface area contributed by atoms with E-state index in [0.717, 1.165) is 38.5 Å². The summed E-state index contributed by atoms with van der Waals surface area (Å²) in [5.74, 6) is -0.447. The second kappa shape index (κ2) is 49.9. The van der Waals surface area contributed by atoms with Gasteiger partial charge in [-0.1, -0.05) is 278 Å². The average Bonchev–Trinajstić information content (AvgIpc) is 3.25. The molecule has 3 N–H and O–H groups in total. The molecule has 0 rings (SSSR count). The number of aliphatic hydroxyl groups excluding tert-OH is 2. The first kappa shape index (κ1) is 59.9. The second-order valence-corrected chi connectivity index (χ2v) is 19.4. The first-order valence-electron chi connectivity index (χ1n) is 27.8. The van der Waals surface area contributed by atoms with Gasteiger partial charge in [0.05, 0.1) is 25.2 Å². The Morgan fingerprint density at radius 2 is 0.689 bits per heavy atom. The van der Waals surface area contributed by atoms with Crippen molar-refractivity contribution in [2.75, 3.05) is 6.61 Å². The van der Waals surface area contributed by atoms with Crippen LogP contribution in [-0.4, -0.2) is 46.9 Å². The maximum Gasteiger partial charge on any atom is 0.306 e. The van der Waals surface area contributed by atoms with Crippen molar-refractivity contribution >= 4 is 11.9 Å². The van der Waals surface area contributed by atoms with Crippen molar-refractivity contribution in [2.45, 2.75) is 334 Å². The molecule has 0 aliphatic heterocycles. The van der Waals surface area contributed by atoms with Gasteiger partial charge in [0.2, 0.25) is 5.91 Å². The Bertz CT molecular complexity index is 882. The molecule has 0 aliphatic rings. The van der Waals surface area contributed by atoms with Gasteiger partial charge in [-0.05, 0) is 25.7 Å². The van der Waals surface area contributed by atoms with Gasteiger partial charge in [0.1, 0.15) is 6.10 Å². The number of hydrogen-bond acceptors (Lipinski definition) is 5. The lowest BCUT2D eigenvalue weighted by molar-refractivity contribution is -0.151. The number of carbonyl (C=O) groups is 2. The fourth-order valence-corrected chi connectivity index (χ4v) is 8.96. The van der Waals surface area contributed by atoms with E-state index < -0.39 is 18.2 Å². The number of esters is 1. The predicted molar refractivity (Wildman–Crippen MR) is 264 cm³/mol. The molecule has 0 bridgehead atoms. The maximum absolute atomic E-state index is 13.2. The zero-order valence-corrected chi connectivity index (χ0v) is 41.6. The van der Waals surface area contributed by atoms with Gasteiger partial charge >= 0.3 is 5.97 Å². The Balaban J connectivity index is 4.49. The topological polar surface area (TPSA) is 95.9 Å². The molecule has 6 nitrogen and oxygen atoms in total. The molecular formula is C55H109NO5. The maximum atomic E-state index is 13.2. The molecule has 0 heterocycles. The number of ether oxygens (including phenoxy) is 1. The van der Waals surface area contributed by atoms with Gasteiger partial charge in [0.15, 0.2) is 0 Å². The average molecular weight is 864 g/mol. The van der Waals surface area contributed by atoms with E-state index in [1.807, 2.05) is 0 Å². The molecule has 3 unspecified atom stereocenters. The summed E-state index contributed by atoms with van der Waals surface area (Å²) in [7, 11) is 0. The summed E-state index contributed by atoms with van der Waals surface area (Å²) >= 11 is 0. The van der Waals surface area contributed by atoms with Crippen LogP contribution in [0.4, 0.5) is 0 Å². The van der Waals surface area contributed by atoms with E-state index >= 15 is 0 Å². The summed E-state index contributed by atoms with van der Waals surface area (Å²) < 4.78 is 5.96. The normalized spacial score (nSPS) is 13.1. The highest BCUT2D eigenvalue weighted by molar-refractivity contribution is 5.77. The van der Waals surface area contributed by atoms with Crippen LogP contribution in [0.3, 0.4) is 0 Å². The number of carbonyl (C=O) groups excluding carboxylic acids is 2. The minimum absolute atomic E-state index is 0.0882. The lowest BCUT2D eigenvalue weighted by Gasteiger charge is -2.24. The third-order valence-electron chi connectivity index (χ3n) is 13.2. The number of nitrogens with one attached hydrogen (secondary N) is 1. The monoisotopic (exact) mass is 864 g/mol. The van der Waals surface area contributed by atoms with Crippen molar-refractivity contribution in [2.24, 2.45) is 0 Å². The Morgan fingerprint density at radius 1 is 0.410 bits per heavy atom. The summed E-state index contributed by atoms with van der Waals surface area (Å²) in [6, 6.07) is -0.692. The standard InChI is InChI=1S/C55H109NO5/c1-4-7-10-13-16-19-22-24-26-28-30-32-34-37-40-43-46-51(49-54(59)56-52(50-57)53(58)47-44-41-38-35-21-18-15-12-9-6-3)61-55(60)48-45-42-39-36-33-31-29-27-25-23-20-17-14-11-8-5-2/h51-53,57-58H,4-50H2,1-3H3,(H,56,59). The third-order valence-corrected chi connectivity index (χ3v) is 13.2. The largest absolute Gasteiger partial charge is 0.462 e. The molecule has 0 aliphatic carbocycles. The molecule has 0 fully saturated rings. The van der Waals surface area contributed by atoms with Crippen LogP contribution >= 0.6 is 0 Å². The van der Waals surface area contributed by atoms with Crippen LogP contribution in [0.5, 0.6) is 0 Å². The van der Waals surface area contributed by atoms with Crippen molar-refractivity contribution in [1.29, 1.82) is 0 Å². The van der Waals surface area contributed by atoms with Gasteiger partial charge in [0.25, 0.3) is 0 Å². The zero-order valence-electron chi connectivity index (χ0n) is 41.6. The van der Waals surface area contributed by atoms with Crippen molar-refractivity contribution in [3.05, 3.63) is 0 Å². The molecule has 3 atom stereocenters. The van der Waals surface area contributed by atoms with E-state index in [4.69, 9.17) is 4.74 Å². The molecule has 0 aromatic rings. The molecule has 61 heavy (non-hydrogen) atoms. The SMILES string of the molecule is CCCCCCCCCCCCCCCCCCC(=O)OC(CCCCCCCCCCCCCCCCCC)CC(=O)NC(CO)C(O)CCCCCCCCCCCC. The molecule has 0 aromatic carbocycles. The van der Waals surface area contributed by atoms with Gasteiger partial charge in [-0.2, -0.15) is 0 Å². The molecule has 0 aromatic heterocycles. The summed E-state index contributed by atoms with van der Waals surface area (Å²) in [6.07, 6.45) is 54.5. The number of hydrogen-bond donors (Lipinski definition) is 3. The third kappa shape index (κ3) is 45.2. The number of aliphatic hydroxyl groups is 2. The summed E-state index contributed by atoms with van der Waals surface area (Å²) in [6.45, 7) is 6.52. The first-order chi connectivity index (χ1) is 30.0. The summed E-state index contributed by atoms with van der Waals surface area (Å²) in [5, 5.41) is 23.8. The predicted octanol–water partition coefficient (Wildman–Crippen LogP) is 16.7. The minimum Gasteiger partial charge on any atom is -0.462 e. The minimum atomic E-state index is -0.779. The summed E-state index contributed by atoms with van der Waals surface area (Å²) in [5.41, 5.74) is 0. The Morgan fingerprint density at radius 3 is 1.00 bits per heavy atom. The number of rotatable bonds is 51. The van der Waals surface area contributed by atoms with E-state index in [-0.39, 0.29) is 24.9 Å². The lowest BCUT2D eigenvalue weighted by atomic mass is 10.0. The van der Waals surface area contributed by atoms with E-state index in [0.29, 0.717) is 19.3 Å². The molecular weight excluding hydrogens is 755 g/mol. The fourth-order valence-electron chi connectivity index (χ4n) is 8.96. The second-order valence-electron chi connectivity index (χ2n) is 19.4. The van der Waals surface area contributed by atoms with Crippen LogP contribution in [0, 0.1) is 0 Å².